The summed E-state index contributed by atoms with van der Waals surface area (Å²) in [6, 6.07) is 1.62. The van der Waals surface area contributed by atoms with Gasteiger partial charge in [-0.25, -0.2) is 0 Å². The van der Waals surface area contributed by atoms with Crippen LogP contribution >= 0.6 is 0 Å². The van der Waals surface area contributed by atoms with Crippen molar-refractivity contribution in [2.45, 2.75) is 32.7 Å². The summed E-state index contributed by atoms with van der Waals surface area (Å²) in [6.07, 6.45) is 13.3. The summed E-state index contributed by atoms with van der Waals surface area (Å²) in [4.78, 5) is 24.5. The van der Waals surface area contributed by atoms with E-state index in [9.17, 15) is 9.59 Å². The molecule has 3 aliphatic rings. The number of aromatic nitrogens is 2. The largest absolute Gasteiger partial charge is 0.469 e. The smallest absolute Gasteiger partial charge is 0.259 e. The number of amides is 2. The van der Waals surface area contributed by atoms with E-state index in [4.69, 9.17) is 4.42 Å². The van der Waals surface area contributed by atoms with Crippen LogP contribution in [0.2, 0.25) is 0 Å². The topological polar surface area (TPSA) is 89.2 Å². The van der Waals surface area contributed by atoms with Crippen LogP contribution in [0.3, 0.4) is 0 Å². The van der Waals surface area contributed by atoms with Crippen LogP contribution in [0, 0.1) is 30.1 Å². The van der Waals surface area contributed by atoms with Crippen LogP contribution in [-0.2, 0) is 11.3 Å². The van der Waals surface area contributed by atoms with Crippen molar-refractivity contribution < 1.29 is 14.0 Å². The molecule has 146 valence electrons. The molecule has 0 aromatic carbocycles. The van der Waals surface area contributed by atoms with Crippen molar-refractivity contribution >= 4 is 17.5 Å². The van der Waals surface area contributed by atoms with E-state index in [1.165, 1.54) is 36.4 Å². The molecule has 2 amide bonds. The number of anilines is 1. The predicted octanol–water partition coefficient (Wildman–Crippen LogP) is 2.76. The van der Waals surface area contributed by atoms with Crippen LogP contribution in [0.1, 0.15) is 35.4 Å². The molecule has 2 N–H and O–H groups in total. The monoisotopic (exact) mass is 380 g/mol. The number of rotatable bonds is 6. The van der Waals surface area contributed by atoms with E-state index < -0.39 is 0 Å². The molecule has 0 unspecified atom stereocenters. The maximum atomic E-state index is 12.3. The van der Waals surface area contributed by atoms with Crippen molar-refractivity contribution in [1.29, 1.82) is 0 Å². The lowest BCUT2D eigenvalue weighted by Crippen LogP contribution is -2.34. The number of carbonyl (C=O) groups excluding carboxylic acids is 2. The van der Waals surface area contributed by atoms with E-state index in [-0.39, 0.29) is 18.4 Å². The number of nitrogens with zero attached hydrogens (tertiary/aromatic N) is 2. The first-order chi connectivity index (χ1) is 13.5. The minimum atomic E-state index is -0.256. The van der Waals surface area contributed by atoms with Crippen LogP contribution in [0.4, 0.5) is 5.69 Å². The zero-order chi connectivity index (χ0) is 19.3. The fraction of sp³-hybridized carbons (Fsp3) is 0.476. The summed E-state index contributed by atoms with van der Waals surface area (Å²) in [5.74, 6) is 2.20. The Morgan fingerprint density at radius 1 is 1.36 bits per heavy atom. The lowest BCUT2D eigenvalue weighted by Gasteiger charge is -2.20. The number of nitrogens with one attached hydrogen (secondary N) is 2. The van der Waals surface area contributed by atoms with Crippen molar-refractivity contribution in [1.82, 2.24) is 15.1 Å². The van der Waals surface area contributed by atoms with Crippen LogP contribution in [0.5, 0.6) is 0 Å². The molecule has 5 rings (SSSR count). The average Bonchev–Trinajstić information content (AvgIpc) is 2.92. The third kappa shape index (κ3) is 2.85. The molecule has 2 bridgehead atoms. The number of hydrogen-bond donors (Lipinski definition) is 2. The van der Waals surface area contributed by atoms with Crippen LogP contribution in [0.25, 0.3) is 0 Å². The quantitative estimate of drug-likeness (QED) is 0.754. The van der Waals surface area contributed by atoms with Gasteiger partial charge < -0.3 is 15.1 Å². The Balaban J connectivity index is 1.12. The first-order valence-corrected chi connectivity index (χ1v) is 9.88. The Labute approximate surface area is 163 Å². The highest BCUT2D eigenvalue weighted by Crippen LogP contribution is 2.69. The zero-order valence-electron chi connectivity index (χ0n) is 15.9. The zero-order valence-corrected chi connectivity index (χ0v) is 15.9. The summed E-state index contributed by atoms with van der Waals surface area (Å²) in [5, 5.41) is 10.0. The maximum absolute atomic E-state index is 12.3. The number of furan rings is 1. The molecule has 0 aliphatic heterocycles. The molecule has 7 heteroatoms. The number of allylic oxidation sites excluding steroid dienone is 2. The van der Waals surface area contributed by atoms with Gasteiger partial charge >= 0.3 is 0 Å². The molecule has 2 heterocycles. The average molecular weight is 380 g/mol. The van der Waals surface area contributed by atoms with E-state index in [1.54, 1.807) is 19.2 Å². The van der Waals surface area contributed by atoms with E-state index >= 15 is 0 Å². The van der Waals surface area contributed by atoms with Gasteiger partial charge in [-0.1, -0.05) is 12.2 Å². The highest BCUT2D eigenvalue weighted by atomic mass is 16.3. The SMILES string of the molecule is Cc1occc1C(=O)Nc1cnn(CC(=O)NC[C@H]2C[C@H]3C=C[C@H]2C32CC2)c1. The summed E-state index contributed by atoms with van der Waals surface area (Å²) >= 11 is 0. The molecule has 7 nitrogen and oxygen atoms in total. The summed E-state index contributed by atoms with van der Waals surface area (Å²) in [6.45, 7) is 2.61. The van der Waals surface area contributed by atoms with Gasteiger partial charge in [-0.15, -0.1) is 0 Å². The standard InChI is InChI=1S/C21H24N4O3/c1-13-17(4-7-28-13)20(27)24-16-10-23-25(11-16)12-19(26)22-9-14-8-15-2-3-18(14)21(15)5-6-21/h2-4,7,10-11,14-15,18H,5-6,8-9,12H2,1H3,(H,22,26)(H,24,27)/t14-,15-,18-/m1/s1. The normalized spacial score (nSPS) is 26.0. The Kier molecular flexibility index (Phi) is 3.92. The molecule has 2 saturated carbocycles. The second kappa shape index (κ2) is 6.36. The summed E-state index contributed by atoms with van der Waals surface area (Å²) in [5.41, 5.74) is 1.59. The van der Waals surface area contributed by atoms with Gasteiger partial charge in [0, 0.05) is 12.7 Å². The van der Waals surface area contributed by atoms with Gasteiger partial charge in [-0.05, 0) is 55.4 Å². The van der Waals surface area contributed by atoms with Gasteiger partial charge in [0.15, 0.2) is 0 Å². The molecule has 1 spiro atoms. The Bertz CT molecular complexity index is 953. The fourth-order valence-corrected chi connectivity index (χ4v) is 5.14. The van der Waals surface area contributed by atoms with Gasteiger partial charge in [-0.3, -0.25) is 14.3 Å². The van der Waals surface area contributed by atoms with Crippen LogP contribution < -0.4 is 10.6 Å². The van der Waals surface area contributed by atoms with Crippen LogP contribution in [-0.4, -0.2) is 28.1 Å². The Morgan fingerprint density at radius 2 is 2.21 bits per heavy atom. The van der Waals surface area contributed by atoms with Crippen molar-refractivity contribution in [3.8, 4) is 0 Å². The summed E-state index contributed by atoms with van der Waals surface area (Å²) < 4.78 is 6.68. The molecule has 3 aliphatic carbocycles. The predicted molar refractivity (Wildman–Crippen MR) is 103 cm³/mol. The maximum Gasteiger partial charge on any atom is 0.259 e. The highest BCUT2D eigenvalue weighted by Gasteiger charge is 2.62. The highest BCUT2D eigenvalue weighted by molar-refractivity contribution is 6.04. The lowest BCUT2D eigenvalue weighted by atomic mass is 9.89. The Morgan fingerprint density at radius 3 is 2.93 bits per heavy atom. The van der Waals surface area contributed by atoms with E-state index in [2.05, 4.69) is 27.9 Å². The van der Waals surface area contributed by atoms with Gasteiger partial charge in [-0.2, -0.15) is 5.10 Å². The molecule has 28 heavy (non-hydrogen) atoms. The molecule has 3 atom stereocenters. The number of hydrogen-bond acceptors (Lipinski definition) is 4. The lowest BCUT2D eigenvalue weighted by molar-refractivity contribution is -0.122. The molecule has 0 saturated heterocycles. The third-order valence-electron chi connectivity index (χ3n) is 6.71. The molecule has 2 aromatic heterocycles. The third-order valence-corrected chi connectivity index (χ3v) is 6.71. The van der Waals surface area contributed by atoms with E-state index in [0.29, 0.717) is 34.3 Å². The number of aryl methyl sites for hydroxylation is 1. The second-order valence-corrected chi connectivity index (χ2v) is 8.32. The Hall–Kier alpha value is -2.83. The van der Waals surface area contributed by atoms with Gasteiger partial charge in [0.1, 0.15) is 12.3 Å². The minimum absolute atomic E-state index is 0.0525. The van der Waals surface area contributed by atoms with Crippen molar-refractivity contribution in [3.63, 3.8) is 0 Å². The second-order valence-electron chi connectivity index (χ2n) is 8.32. The van der Waals surface area contributed by atoms with Gasteiger partial charge in [0.25, 0.3) is 5.91 Å². The molecular formula is C21H24N4O3. The minimum Gasteiger partial charge on any atom is -0.469 e. The first-order valence-electron chi connectivity index (χ1n) is 9.88. The van der Waals surface area contributed by atoms with Crippen LogP contribution in [0.15, 0.2) is 41.3 Å². The molecule has 0 radical (unpaired) electrons. The number of carbonyl (C=O) groups is 2. The first kappa shape index (κ1) is 17.3. The molecule has 2 aromatic rings. The van der Waals surface area contributed by atoms with E-state index in [0.717, 1.165) is 12.5 Å². The van der Waals surface area contributed by atoms with Gasteiger partial charge in [0.2, 0.25) is 5.91 Å². The molecule has 2 fully saturated rings. The van der Waals surface area contributed by atoms with E-state index in [1.807, 2.05) is 0 Å². The van der Waals surface area contributed by atoms with Crippen molar-refractivity contribution in [3.05, 3.63) is 48.2 Å². The molecular weight excluding hydrogens is 356 g/mol. The fourth-order valence-electron chi connectivity index (χ4n) is 5.14. The van der Waals surface area contributed by atoms with Crippen molar-refractivity contribution in [2.75, 3.05) is 11.9 Å². The van der Waals surface area contributed by atoms with Crippen molar-refractivity contribution in [2.24, 2.45) is 23.2 Å². The van der Waals surface area contributed by atoms with Gasteiger partial charge in [0.05, 0.1) is 23.7 Å². The summed E-state index contributed by atoms with van der Waals surface area (Å²) in [7, 11) is 0.